The van der Waals surface area contributed by atoms with E-state index < -0.39 is 0 Å². The maximum Gasteiger partial charge on any atom is 0.0721 e. The molecular weight excluding hydrogens is 300 g/mol. The normalized spacial score (nSPS) is 12.4. The number of hydrogen-bond donors (Lipinski definition) is 2. The second-order valence-corrected chi connectivity index (χ2v) is 4.97. The van der Waals surface area contributed by atoms with Crippen LogP contribution >= 0.6 is 27.5 Å². The first-order valence-corrected chi connectivity index (χ1v) is 6.35. The molecule has 0 saturated carbocycles. The molecule has 2 aromatic carbocycles. The van der Waals surface area contributed by atoms with Crippen LogP contribution in [0.5, 0.6) is 0 Å². The molecule has 17 heavy (non-hydrogen) atoms. The molecular formula is C13H12BrClN2. The number of nitrogens with two attached hydrogens (primary N) is 1. The van der Waals surface area contributed by atoms with Gasteiger partial charge in [0, 0.05) is 9.50 Å². The monoisotopic (exact) mass is 310 g/mol. The van der Waals surface area contributed by atoms with Crippen LogP contribution in [0.3, 0.4) is 0 Å². The summed E-state index contributed by atoms with van der Waals surface area (Å²) in [5.41, 5.74) is 4.99. The second kappa shape index (κ2) is 5.65. The first-order chi connectivity index (χ1) is 8.22. The number of benzene rings is 2. The Kier molecular flexibility index (Phi) is 4.18. The predicted octanol–water partition coefficient (Wildman–Crippen LogP) is 3.66. The molecule has 1 unspecified atom stereocenters. The van der Waals surface area contributed by atoms with Gasteiger partial charge < -0.3 is 0 Å². The fourth-order valence-electron chi connectivity index (χ4n) is 1.75. The van der Waals surface area contributed by atoms with E-state index in [1.165, 1.54) is 0 Å². The molecule has 3 N–H and O–H groups in total. The minimum Gasteiger partial charge on any atom is -0.271 e. The fourth-order valence-corrected chi connectivity index (χ4v) is 2.66. The van der Waals surface area contributed by atoms with Crippen molar-refractivity contribution < 1.29 is 0 Å². The number of nitrogens with one attached hydrogen (secondary N) is 1. The Balaban J connectivity index is 2.42. The molecule has 88 valence electrons. The summed E-state index contributed by atoms with van der Waals surface area (Å²) in [4.78, 5) is 0. The molecule has 0 heterocycles. The van der Waals surface area contributed by atoms with Crippen LogP contribution in [0.2, 0.25) is 5.02 Å². The smallest absolute Gasteiger partial charge is 0.0721 e. The Morgan fingerprint density at radius 2 is 1.82 bits per heavy atom. The van der Waals surface area contributed by atoms with Gasteiger partial charge >= 0.3 is 0 Å². The van der Waals surface area contributed by atoms with Crippen LogP contribution in [-0.4, -0.2) is 0 Å². The van der Waals surface area contributed by atoms with Gasteiger partial charge in [0.05, 0.1) is 6.04 Å². The Bertz CT molecular complexity index is 502. The largest absolute Gasteiger partial charge is 0.271 e. The maximum atomic E-state index is 5.93. The van der Waals surface area contributed by atoms with Crippen molar-refractivity contribution >= 4 is 27.5 Å². The molecule has 1 atom stereocenters. The van der Waals surface area contributed by atoms with E-state index in [0.717, 1.165) is 15.6 Å². The topological polar surface area (TPSA) is 38.0 Å². The average Bonchev–Trinajstić information content (AvgIpc) is 2.34. The molecule has 2 rings (SSSR count). The maximum absolute atomic E-state index is 5.93. The molecule has 2 aromatic rings. The minimum absolute atomic E-state index is 0.0529. The van der Waals surface area contributed by atoms with Crippen molar-refractivity contribution in [3.8, 4) is 0 Å². The Morgan fingerprint density at radius 1 is 1.12 bits per heavy atom. The van der Waals surface area contributed by atoms with Gasteiger partial charge in [-0.15, -0.1) is 0 Å². The molecule has 0 fully saturated rings. The predicted molar refractivity (Wildman–Crippen MR) is 74.8 cm³/mol. The fraction of sp³-hybridized carbons (Fsp3) is 0.0769. The standard InChI is InChI=1S/C13H12BrClN2/c14-12-8-10(15)6-7-11(12)13(17-16)9-4-2-1-3-5-9/h1-8,13,17H,16H2. The highest BCUT2D eigenvalue weighted by Gasteiger charge is 2.14. The van der Waals surface area contributed by atoms with Crippen molar-refractivity contribution in [2.24, 2.45) is 5.84 Å². The third-order valence-electron chi connectivity index (χ3n) is 2.57. The summed E-state index contributed by atoms with van der Waals surface area (Å²) in [5, 5.41) is 0.699. The highest BCUT2D eigenvalue weighted by Crippen LogP contribution is 2.30. The average molecular weight is 312 g/mol. The van der Waals surface area contributed by atoms with Crippen molar-refractivity contribution in [2.75, 3.05) is 0 Å². The van der Waals surface area contributed by atoms with E-state index in [0.29, 0.717) is 5.02 Å². The first kappa shape index (κ1) is 12.6. The minimum atomic E-state index is -0.0529. The number of hydrazine groups is 1. The lowest BCUT2D eigenvalue weighted by Gasteiger charge is -2.18. The molecule has 0 aromatic heterocycles. The van der Waals surface area contributed by atoms with Crippen molar-refractivity contribution in [2.45, 2.75) is 6.04 Å². The van der Waals surface area contributed by atoms with Crippen LogP contribution in [0.1, 0.15) is 17.2 Å². The quantitative estimate of drug-likeness (QED) is 0.670. The summed E-state index contributed by atoms with van der Waals surface area (Å²) in [6.07, 6.45) is 0. The lowest BCUT2D eigenvalue weighted by molar-refractivity contribution is 0.635. The van der Waals surface area contributed by atoms with Crippen LogP contribution in [0.4, 0.5) is 0 Å². The van der Waals surface area contributed by atoms with E-state index in [-0.39, 0.29) is 6.04 Å². The number of rotatable bonds is 3. The highest BCUT2D eigenvalue weighted by atomic mass is 79.9. The SMILES string of the molecule is NNC(c1ccccc1)c1ccc(Cl)cc1Br. The van der Waals surface area contributed by atoms with Gasteiger partial charge in [-0.1, -0.05) is 63.9 Å². The zero-order chi connectivity index (χ0) is 12.3. The molecule has 0 radical (unpaired) electrons. The Labute approximate surface area is 114 Å². The van der Waals surface area contributed by atoms with Crippen LogP contribution in [0.25, 0.3) is 0 Å². The van der Waals surface area contributed by atoms with Crippen LogP contribution in [0.15, 0.2) is 53.0 Å². The summed E-state index contributed by atoms with van der Waals surface area (Å²) in [5.74, 6) is 5.64. The van der Waals surface area contributed by atoms with Gasteiger partial charge in [-0.25, -0.2) is 5.43 Å². The molecule has 0 saturated heterocycles. The molecule has 0 amide bonds. The van der Waals surface area contributed by atoms with Crippen molar-refractivity contribution in [3.63, 3.8) is 0 Å². The third-order valence-corrected chi connectivity index (χ3v) is 3.49. The summed E-state index contributed by atoms with van der Waals surface area (Å²) < 4.78 is 0.941. The third kappa shape index (κ3) is 2.87. The van der Waals surface area contributed by atoms with Gasteiger partial charge in [-0.2, -0.15) is 0 Å². The molecule has 0 bridgehead atoms. The summed E-state index contributed by atoms with van der Waals surface area (Å²) >= 11 is 9.44. The van der Waals surface area contributed by atoms with Crippen LogP contribution in [-0.2, 0) is 0 Å². The van der Waals surface area contributed by atoms with E-state index in [9.17, 15) is 0 Å². The summed E-state index contributed by atoms with van der Waals surface area (Å²) in [6, 6.07) is 15.7. The molecule has 0 spiro atoms. The van der Waals surface area contributed by atoms with E-state index >= 15 is 0 Å². The zero-order valence-electron chi connectivity index (χ0n) is 9.03. The molecule has 4 heteroatoms. The van der Waals surface area contributed by atoms with E-state index in [1.807, 2.05) is 48.5 Å². The lowest BCUT2D eigenvalue weighted by atomic mass is 9.99. The highest BCUT2D eigenvalue weighted by molar-refractivity contribution is 9.10. The van der Waals surface area contributed by atoms with Crippen LogP contribution < -0.4 is 11.3 Å². The van der Waals surface area contributed by atoms with Gasteiger partial charge in [0.2, 0.25) is 0 Å². The molecule has 0 aliphatic carbocycles. The van der Waals surface area contributed by atoms with E-state index in [2.05, 4.69) is 21.4 Å². The molecule has 2 nitrogen and oxygen atoms in total. The molecule has 0 aliphatic heterocycles. The van der Waals surface area contributed by atoms with Crippen molar-refractivity contribution in [1.29, 1.82) is 0 Å². The van der Waals surface area contributed by atoms with Crippen molar-refractivity contribution in [1.82, 2.24) is 5.43 Å². The number of halogens is 2. The van der Waals surface area contributed by atoms with E-state index in [4.69, 9.17) is 17.4 Å². The first-order valence-electron chi connectivity index (χ1n) is 5.18. The zero-order valence-corrected chi connectivity index (χ0v) is 11.4. The van der Waals surface area contributed by atoms with Gasteiger partial charge in [0.1, 0.15) is 0 Å². The van der Waals surface area contributed by atoms with E-state index in [1.54, 1.807) is 0 Å². The van der Waals surface area contributed by atoms with Crippen LogP contribution in [0, 0.1) is 0 Å². The lowest BCUT2D eigenvalue weighted by Crippen LogP contribution is -2.29. The van der Waals surface area contributed by atoms with Gasteiger partial charge in [0.15, 0.2) is 0 Å². The van der Waals surface area contributed by atoms with Crippen molar-refractivity contribution in [3.05, 3.63) is 69.2 Å². The Morgan fingerprint density at radius 3 is 2.41 bits per heavy atom. The van der Waals surface area contributed by atoms with Gasteiger partial charge in [0.25, 0.3) is 0 Å². The summed E-state index contributed by atoms with van der Waals surface area (Å²) in [7, 11) is 0. The Hall–Kier alpha value is -0.870. The summed E-state index contributed by atoms with van der Waals surface area (Å²) in [6.45, 7) is 0. The second-order valence-electron chi connectivity index (χ2n) is 3.68. The molecule has 0 aliphatic rings. The number of hydrogen-bond acceptors (Lipinski definition) is 2. The van der Waals surface area contributed by atoms with Gasteiger partial charge in [-0.05, 0) is 23.3 Å². The van der Waals surface area contributed by atoms with Gasteiger partial charge in [-0.3, -0.25) is 5.84 Å².